The zero-order chi connectivity index (χ0) is 18.2. The molecule has 128 valence electrons. The lowest BCUT2D eigenvalue weighted by Gasteiger charge is -2.04. The topological polar surface area (TPSA) is 81.5 Å². The number of nitrogens with one attached hydrogen (secondary N) is 1. The van der Waals surface area contributed by atoms with Crippen molar-refractivity contribution in [3.8, 4) is 11.8 Å². The van der Waals surface area contributed by atoms with Gasteiger partial charge in [-0.2, -0.15) is 0 Å². The highest BCUT2D eigenvalue weighted by Crippen LogP contribution is 2.29. The van der Waals surface area contributed by atoms with Crippen molar-refractivity contribution >= 4 is 35.0 Å². The summed E-state index contributed by atoms with van der Waals surface area (Å²) < 4.78 is 5.01. The highest BCUT2D eigenvalue weighted by molar-refractivity contribution is 6.42. The van der Waals surface area contributed by atoms with E-state index >= 15 is 0 Å². The molecule has 0 heterocycles. The number of amides is 1. The first-order valence-electron chi connectivity index (χ1n) is 7.04. The van der Waals surface area contributed by atoms with E-state index in [-0.39, 0.29) is 34.4 Å². The molecule has 8 heteroatoms. The Morgan fingerprint density at radius 3 is 2.56 bits per heavy atom. The van der Waals surface area contributed by atoms with Crippen LogP contribution < -0.4 is 5.32 Å². The molecule has 0 aliphatic rings. The largest absolute Gasteiger partial charge is 0.445 e. The number of carbonyl (C=O) groups excluding carboxylic acids is 1. The zero-order valence-electron chi connectivity index (χ0n) is 12.8. The highest BCUT2D eigenvalue weighted by atomic mass is 35.5. The first kappa shape index (κ1) is 18.6. The lowest BCUT2D eigenvalue weighted by Crippen LogP contribution is -2.24. The van der Waals surface area contributed by atoms with Crippen LogP contribution in [0.4, 0.5) is 10.5 Å². The Hall–Kier alpha value is -2.75. The van der Waals surface area contributed by atoms with Crippen molar-refractivity contribution in [2.75, 3.05) is 6.54 Å². The van der Waals surface area contributed by atoms with Crippen LogP contribution in [0.25, 0.3) is 0 Å². The Morgan fingerprint density at radius 2 is 1.88 bits per heavy atom. The Labute approximate surface area is 153 Å². The average Bonchev–Trinajstić information content (AvgIpc) is 2.60. The van der Waals surface area contributed by atoms with Crippen molar-refractivity contribution in [2.24, 2.45) is 0 Å². The van der Waals surface area contributed by atoms with Gasteiger partial charge in [0, 0.05) is 6.07 Å². The Morgan fingerprint density at radius 1 is 1.20 bits per heavy atom. The predicted octanol–water partition coefficient (Wildman–Crippen LogP) is 4.18. The van der Waals surface area contributed by atoms with Crippen molar-refractivity contribution in [3.05, 3.63) is 73.8 Å². The SMILES string of the molecule is O=C(NCC#Cc1cc(Cl)c(Cl)cc1[N+](=O)[O-])OCc1ccccc1. The second-order valence-electron chi connectivity index (χ2n) is 4.76. The van der Waals surface area contributed by atoms with E-state index in [2.05, 4.69) is 17.2 Å². The molecular weight excluding hydrogens is 367 g/mol. The molecule has 1 N–H and O–H groups in total. The van der Waals surface area contributed by atoms with Gasteiger partial charge < -0.3 is 10.1 Å². The summed E-state index contributed by atoms with van der Waals surface area (Å²) in [4.78, 5) is 21.9. The minimum absolute atomic E-state index is 0.0367. The molecule has 0 aliphatic heterocycles. The van der Waals surface area contributed by atoms with Crippen LogP contribution in [0.15, 0.2) is 42.5 Å². The fraction of sp³-hybridized carbons (Fsp3) is 0.118. The monoisotopic (exact) mass is 378 g/mol. The van der Waals surface area contributed by atoms with Gasteiger partial charge in [0.1, 0.15) is 12.2 Å². The van der Waals surface area contributed by atoms with Crippen LogP contribution in [0, 0.1) is 22.0 Å². The van der Waals surface area contributed by atoms with Gasteiger partial charge in [-0.05, 0) is 11.6 Å². The predicted molar refractivity (Wildman–Crippen MR) is 94.6 cm³/mol. The van der Waals surface area contributed by atoms with E-state index < -0.39 is 11.0 Å². The summed E-state index contributed by atoms with van der Waals surface area (Å²) in [6, 6.07) is 11.6. The minimum Gasteiger partial charge on any atom is -0.445 e. The van der Waals surface area contributed by atoms with E-state index in [4.69, 9.17) is 27.9 Å². The molecule has 1 amide bonds. The summed E-state index contributed by atoms with van der Waals surface area (Å²) in [7, 11) is 0. The summed E-state index contributed by atoms with van der Waals surface area (Å²) in [5.74, 6) is 5.19. The normalized spacial score (nSPS) is 9.68. The van der Waals surface area contributed by atoms with E-state index in [1.807, 2.05) is 30.3 Å². The van der Waals surface area contributed by atoms with Gasteiger partial charge in [-0.25, -0.2) is 4.79 Å². The molecule has 2 rings (SSSR count). The average molecular weight is 379 g/mol. The maximum atomic E-state index is 11.6. The van der Waals surface area contributed by atoms with Crippen LogP contribution >= 0.6 is 23.2 Å². The summed E-state index contributed by atoms with van der Waals surface area (Å²) in [6.07, 6.45) is -0.637. The first-order valence-corrected chi connectivity index (χ1v) is 7.80. The smallest absolute Gasteiger partial charge is 0.408 e. The van der Waals surface area contributed by atoms with E-state index in [0.717, 1.165) is 11.6 Å². The lowest BCUT2D eigenvalue weighted by molar-refractivity contribution is -0.385. The molecule has 0 bridgehead atoms. The van der Waals surface area contributed by atoms with Gasteiger partial charge in [0.05, 0.1) is 21.5 Å². The minimum atomic E-state index is -0.637. The molecule has 0 aromatic heterocycles. The molecule has 0 saturated carbocycles. The number of nitro groups is 1. The van der Waals surface area contributed by atoms with Crippen molar-refractivity contribution in [2.45, 2.75) is 6.61 Å². The Kier molecular flexibility index (Phi) is 6.63. The summed E-state index contributed by atoms with van der Waals surface area (Å²) in [5.41, 5.74) is 0.711. The summed E-state index contributed by atoms with van der Waals surface area (Å²) in [5, 5.41) is 13.7. The fourth-order valence-electron chi connectivity index (χ4n) is 1.82. The molecule has 6 nitrogen and oxygen atoms in total. The van der Waals surface area contributed by atoms with Gasteiger partial charge in [0.25, 0.3) is 5.69 Å². The molecule has 0 spiro atoms. The molecule has 0 unspecified atom stereocenters. The molecule has 2 aromatic carbocycles. The third-order valence-electron chi connectivity index (χ3n) is 2.99. The van der Waals surface area contributed by atoms with Gasteiger partial charge in [-0.1, -0.05) is 65.4 Å². The van der Waals surface area contributed by atoms with Crippen molar-refractivity contribution in [1.82, 2.24) is 5.32 Å². The Balaban J connectivity index is 1.91. The van der Waals surface area contributed by atoms with Crippen molar-refractivity contribution in [1.29, 1.82) is 0 Å². The van der Waals surface area contributed by atoms with Crippen molar-refractivity contribution in [3.63, 3.8) is 0 Å². The van der Waals surface area contributed by atoms with Gasteiger partial charge in [0.2, 0.25) is 0 Å². The number of halogens is 2. The molecule has 0 fully saturated rings. The highest BCUT2D eigenvalue weighted by Gasteiger charge is 2.15. The molecule has 0 saturated heterocycles. The van der Waals surface area contributed by atoms with Gasteiger partial charge in [-0.3, -0.25) is 10.1 Å². The van der Waals surface area contributed by atoms with Gasteiger partial charge >= 0.3 is 6.09 Å². The number of alkyl carbamates (subject to hydrolysis) is 1. The number of carbonyl (C=O) groups is 1. The van der Waals surface area contributed by atoms with Gasteiger partial charge in [0.15, 0.2) is 0 Å². The standard InChI is InChI=1S/C17H12Cl2N2O4/c18-14-9-13(16(21(23)24)10-15(14)19)7-4-8-20-17(22)25-11-12-5-2-1-3-6-12/h1-3,5-6,9-10H,8,11H2,(H,20,22). The van der Waals surface area contributed by atoms with Crippen LogP contribution in [-0.4, -0.2) is 17.6 Å². The van der Waals surface area contributed by atoms with Crippen LogP contribution in [0.3, 0.4) is 0 Å². The first-order chi connectivity index (χ1) is 12.0. The molecular formula is C17H12Cl2N2O4. The molecule has 0 aliphatic carbocycles. The number of hydrogen-bond donors (Lipinski definition) is 1. The molecule has 0 atom stereocenters. The van der Waals surface area contributed by atoms with Crippen LogP contribution in [0.1, 0.15) is 11.1 Å². The van der Waals surface area contributed by atoms with Crippen LogP contribution in [0.5, 0.6) is 0 Å². The lowest BCUT2D eigenvalue weighted by atomic mass is 10.2. The number of nitro benzene ring substituents is 1. The third-order valence-corrected chi connectivity index (χ3v) is 3.71. The van der Waals surface area contributed by atoms with E-state index in [1.54, 1.807) is 0 Å². The second-order valence-corrected chi connectivity index (χ2v) is 5.57. The maximum Gasteiger partial charge on any atom is 0.408 e. The number of nitrogens with zero attached hydrogens (tertiary/aromatic N) is 1. The zero-order valence-corrected chi connectivity index (χ0v) is 14.3. The second kappa shape index (κ2) is 8.92. The van der Waals surface area contributed by atoms with Crippen LogP contribution in [-0.2, 0) is 11.3 Å². The summed E-state index contributed by atoms with van der Waals surface area (Å²) >= 11 is 11.6. The van der Waals surface area contributed by atoms with Crippen LogP contribution in [0.2, 0.25) is 10.0 Å². The maximum absolute atomic E-state index is 11.6. The quantitative estimate of drug-likeness (QED) is 0.491. The number of benzene rings is 2. The van der Waals surface area contributed by atoms with Crippen molar-refractivity contribution < 1.29 is 14.5 Å². The van der Waals surface area contributed by atoms with E-state index in [9.17, 15) is 14.9 Å². The number of hydrogen-bond acceptors (Lipinski definition) is 4. The fourth-order valence-corrected chi connectivity index (χ4v) is 2.14. The number of ether oxygens (including phenoxy) is 1. The Bertz CT molecular complexity index is 845. The number of rotatable bonds is 4. The third kappa shape index (κ3) is 5.68. The van der Waals surface area contributed by atoms with E-state index in [0.29, 0.717) is 0 Å². The molecule has 0 radical (unpaired) electrons. The van der Waals surface area contributed by atoms with Gasteiger partial charge in [-0.15, -0.1) is 0 Å². The summed E-state index contributed by atoms with van der Waals surface area (Å²) in [6.45, 7) is 0.101. The molecule has 2 aromatic rings. The molecule has 25 heavy (non-hydrogen) atoms. The van der Waals surface area contributed by atoms with E-state index in [1.165, 1.54) is 6.07 Å².